The number of rotatable bonds is 4. The van der Waals surface area contributed by atoms with Gasteiger partial charge in [-0.15, -0.1) is 0 Å². The van der Waals surface area contributed by atoms with Crippen molar-refractivity contribution in [2.45, 2.75) is 18.5 Å². The Bertz CT molecular complexity index is 430. The molecular formula is C14H20BrFN2S. The molecule has 1 aromatic rings. The van der Waals surface area contributed by atoms with Gasteiger partial charge in [0.1, 0.15) is 5.82 Å². The number of halogens is 2. The summed E-state index contributed by atoms with van der Waals surface area (Å²) in [4.78, 5) is 2.41. The highest BCUT2D eigenvalue weighted by Crippen LogP contribution is 2.25. The summed E-state index contributed by atoms with van der Waals surface area (Å²) in [7, 11) is 4.17. The maximum absolute atomic E-state index is 13.6. The van der Waals surface area contributed by atoms with Crippen LogP contribution in [0.15, 0.2) is 22.7 Å². The third-order valence-corrected chi connectivity index (χ3v) is 5.69. The molecule has 1 fully saturated rings. The van der Waals surface area contributed by atoms with Crippen molar-refractivity contribution in [3.8, 4) is 0 Å². The number of benzene rings is 1. The van der Waals surface area contributed by atoms with Crippen LogP contribution in [0.2, 0.25) is 0 Å². The number of hydrogen-bond donors (Lipinski definition) is 1. The predicted molar refractivity (Wildman–Crippen MR) is 84.4 cm³/mol. The van der Waals surface area contributed by atoms with E-state index in [4.69, 9.17) is 0 Å². The monoisotopic (exact) mass is 346 g/mol. The van der Waals surface area contributed by atoms with Gasteiger partial charge in [-0.05, 0) is 48.1 Å². The van der Waals surface area contributed by atoms with Crippen molar-refractivity contribution in [1.29, 1.82) is 0 Å². The summed E-state index contributed by atoms with van der Waals surface area (Å²) in [6, 6.07) is 6.11. The van der Waals surface area contributed by atoms with Gasteiger partial charge in [-0.2, -0.15) is 11.8 Å². The van der Waals surface area contributed by atoms with Crippen LogP contribution in [0.5, 0.6) is 0 Å². The van der Waals surface area contributed by atoms with E-state index in [-0.39, 0.29) is 5.82 Å². The van der Waals surface area contributed by atoms with Crippen molar-refractivity contribution in [2.24, 2.45) is 0 Å². The molecule has 1 aromatic carbocycles. The van der Waals surface area contributed by atoms with Crippen LogP contribution in [0.25, 0.3) is 0 Å². The molecule has 2 nitrogen and oxygen atoms in total. The summed E-state index contributed by atoms with van der Waals surface area (Å²) < 4.78 is 14.2. The number of hydrogen-bond acceptors (Lipinski definition) is 3. The minimum absolute atomic E-state index is 0.182. The van der Waals surface area contributed by atoms with E-state index in [9.17, 15) is 4.39 Å². The smallest absolute Gasteiger partial charge is 0.137 e. The van der Waals surface area contributed by atoms with Gasteiger partial charge >= 0.3 is 0 Å². The van der Waals surface area contributed by atoms with Crippen LogP contribution in [-0.2, 0) is 6.42 Å². The lowest BCUT2D eigenvalue weighted by molar-refractivity contribution is 0.219. The summed E-state index contributed by atoms with van der Waals surface area (Å²) in [5, 5.41) is 3.40. The molecule has 1 saturated heterocycles. The van der Waals surface area contributed by atoms with E-state index in [1.807, 2.05) is 24.9 Å². The first-order valence-electron chi connectivity index (χ1n) is 6.51. The minimum Gasteiger partial charge on any atom is -0.315 e. The molecule has 1 N–H and O–H groups in total. The Morgan fingerprint density at radius 2 is 2.37 bits per heavy atom. The Hall–Kier alpha value is -0.100. The number of thioether (sulfide) groups is 1. The Kier molecular flexibility index (Phi) is 5.69. The van der Waals surface area contributed by atoms with Crippen molar-refractivity contribution < 1.29 is 4.39 Å². The molecule has 2 atom stereocenters. The molecule has 1 heterocycles. The summed E-state index contributed by atoms with van der Waals surface area (Å²) in [6.07, 6.45) is 0.838. The average molecular weight is 347 g/mol. The fourth-order valence-electron chi connectivity index (χ4n) is 2.50. The predicted octanol–water partition coefficient (Wildman–Crippen LogP) is 2.77. The van der Waals surface area contributed by atoms with E-state index in [0.29, 0.717) is 16.6 Å². The first kappa shape index (κ1) is 15.3. The van der Waals surface area contributed by atoms with E-state index in [0.717, 1.165) is 24.3 Å². The highest BCUT2D eigenvalue weighted by atomic mass is 79.9. The summed E-state index contributed by atoms with van der Waals surface area (Å²) in [5.41, 5.74) is 1.03. The van der Waals surface area contributed by atoms with Crippen molar-refractivity contribution in [1.82, 2.24) is 10.2 Å². The van der Waals surface area contributed by atoms with Gasteiger partial charge in [-0.25, -0.2) is 4.39 Å². The van der Waals surface area contributed by atoms with Crippen LogP contribution in [0, 0.1) is 5.82 Å². The lowest BCUT2D eigenvalue weighted by Crippen LogP contribution is -2.52. The lowest BCUT2D eigenvalue weighted by atomic mass is 9.99. The Balaban J connectivity index is 2.12. The average Bonchev–Trinajstić information content (AvgIpc) is 2.41. The standard InChI is InChI=1S/C14H20BrFN2S/c1-17-12(13-9-19-7-6-18(13)2)8-10-4-3-5-11(16)14(10)15/h3-5,12-13,17H,6-9H2,1-2H3. The largest absolute Gasteiger partial charge is 0.315 e. The molecule has 0 aliphatic carbocycles. The molecule has 0 saturated carbocycles. The van der Waals surface area contributed by atoms with E-state index >= 15 is 0 Å². The van der Waals surface area contributed by atoms with Gasteiger partial charge in [0.2, 0.25) is 0 Å². The maximum Gasteiger partial charge on any atom is 0.137 e. The molecule has 0 bridgehead atoms. The minimum atomic E-state index is -0.182. The van der Waals surface area contributed by atoms with Gasteiger partial charge in [0.25, 0.3) is 0 Å². The van der Waals surface area contributed by atoms with Crippen LogP contribution in [0.4, 0.5) is 4.39 Å². The SMILES string of the molecule is CNC(Cc1cccc(F)c1Br)C1CSCCN1C. The van der Waals surface area contributed by atoms with Crippen LogP contribution in [-0.4, -0.2) is 49.1 Å². The molecule has 0 radical (unpaired) electrons. The van der Waals surface area contributed by atoms with E-state index in [2.05, 4.69) is 33.2 Å². The lowest BCUT2D eigenvalue weighted by Gasteiger charge is -2.37. The molecule has 5 heteroatoms. The molecule has 106 valence electrons. The van der Waals surface area contributed by atoms with Gasteiger partial charge in [0.15, 0.2) is 0 Å². The molecular weight excluding hydrogens is 327 g/mol. The number of likely N-dealkylation sites (N-methyl/N-ethyl adjacent to an activating group) is 2. The third kappa shape index (κ3) is 3.72. The van der Waals surface area contributed by atoms with Crippen LogP contribution in [0.1, 0.15) is 5.56 Å². The second-order valence-electron chi connectivity index (χ2n) is 4.94. The van der Waals surface area contributed by atoms with Gasteiger partial charge < -0.3 is 10.2 Å². The zero-order valence-corrected chi connectivity index (χ0v) is 13.7. The normalized spacial score (nSPS) is 22.4. The fraction of sp³-hybridized carbons (Fsp3) is 0.571. The molecule has 2 unspecified atom stereocenters. The number of nitrogens with zero attached hydrogens (tertiary/aromatic N) is 1. The molecule has 19 heavy (non-hydrogen) atoms. The Morgan fingerprint density at radius 1 is 1.58 bits per heavy atom. The summed E-state index contributed by atoms with van der Waals surface area (Å²) >= 11 is 5.36. The molecule has 2 rings (SSSR count). The molecule has 0 aromatic heterocycles. The quantitative estimate of drug-likeness (QED) is 0.902. The molecule has 0 spiro atoms. The molecule has 1 aliphatic heterocycles. The molecule has 0 amide bonds. The summed E-state index contributed by atoms with van der Waals surface area (Å²) in [6.45, 7) is 1.12. The first-order chi connectivity index (χ1) is 9.13. The van der Waals surface area contributed by atoms with Crippen molar-refractivity contribution >= 4 is 27.7 Å². The van der Waals surface area contributed by atoms with Crippen molar-refractivity contribution in [3.63, 3.8) is 0 Å². The second kappa shape index (κ2) is 7.07. The Morgan fingerprint density at radius 3 is 3.05 bits per heavy atom. The van der Waals surface area contributed by atoms with Crippen molar-refractivity contribution in [3.05, 3.63) is 34.1 Å². The first-order valence-corrected chi connectivity index (χ1v) is 8.46. The van der Waals surface area contributed by atoms with E-state index in [1.54, 1.807) is 6.07 Å². The van der Waals surface area contributed by atoms with Gasteiger partial charge in [0.05, 0.1) is 4.47 Å². The zero-order chi connectivity index (χ0) is 13.8. The van der Waals surface area contributed by atoms with Crippen molar-refractivity contribution in [2.75, 3.05) is 32.1 Å². The topological polar surface area (TPSA) is 15.3 Å². The van der Waals surface area contributed by atoms with E-state index < -0.39 is 0 Å². The zero-order valence-electron chi connectivity index (χ0n) is 11.3. The number of nitrogens with one attached hydrogen (secondary N) is 1. The highest BCUT2D eigenvalue weighted by molar-refractivity contribution is 9.10. The molecule has 1 aliphatic rings. The van der Waals surface area contributed by atoms with Crippen LogP contribution >= 0.6 is 27.7 Å². The summed E-state index contributed by atoms with van der Waals surface area (Å²) in [5.74, 6) is 2.15. The fourth-order valence-corrected chi connectivity index (χ4v) is 4.24. The van der Waals surface area contributed by atoms with E-state index in [1.165, 1.54) is 11.8 Å². The highest BCUT2D eigenvalue weighted by Gasteiger charge is 2.27. The Labute approximate surface area is 127 Å². The van der Waals surface area contributed by atoms with Crippen LogP contribution in [0.3, 0.4) is 0 Å². The maximum atomic E-state index is 13.6. The van der Waals surface area contributed by atoms with Gasteiger partial charge in [-0.1, -0.05) is 12.1 Å². The van der Waals surface area contributed by atoms with Gasteiger partial charge in [0, 0.05) is 30.1 Å². The third-order valence-electron chi connectivity index (χ3n) is 3.75. The van der Waals surface area contributed by atoms with Crippen LogP contribution < -0.4 is 5.32 Å². The van der Waals surface area contributed by atoms with Gasteiger partial charge in [-0.3, -0.25) is 0 Å². The second-order valence-corrected chi connectivity index (χ2v) is 6.88.